The predicted molar refractivity (Wildman–Crippen MR) is 93.3 cm³/mol. The quantitative estimate of drug-likeness (QED) is 0.356. The van der Waals surface area contributed by atoms with Gasteiger partial charge in [-0.1, -0.05) is 72.0 Å². The molecule has 1 heteroatoms. The van der Waals surface area contributed by atoms with Gasteiger partial charge in [-0.25, -0.2) is 0 Å². The molecule has 0 aromatic carbocycles. The molecule has 120 valence electrons. The summed E-state index contributed by atoms with van der Waals surface area (Å²) in [5.74, 6) is 0. The summed E-state index contributed by atoms with van der Waals surface area (Å²) in [4.78, 5) is 0. The molecule has 0 radical (unpaired) electrons. The lowest BCUT2D eigenvalue weighted by Gasteiger charge is -2.33. The van der Waals surface area contributed by atoms with Crippen LogP contribution in [0.3, 0.4) is 0 Å². The molecule has 0 aromatic heterocycles. The number of nitrogens with one attached hydrogen (secondary N) is 1. The maximum Gasteiger partial charge on any atom is 0.0139 e. The zero-order chi connectivity index (χ0) is 15.5. The van der Waals surface area contributed by atoms with Gasteiger partial charge in [-0.05, 0) is 38.5 Å². The Morgan fingerprint density at radius 3 is 2.00 bits per heavy atom. The first-order valence-corrected chi connectivity index (χ1v) is 8.67. The maximum atomic E-state index is 3.65. The summed E-state index contributed by atoms with van der Waals surface area (Å²) in [6.45, 7) is 14.8. The average molecular weight is 282 g/mol. The van der Waals surface area contributed by atoms with Crippen molar-refractivity contribution in [2.45, 2.75) is 98.4 Å². The Bertz CT molecular complexity index is 245. The number of allylic oxidation sites excluding steroid dienone is 1. The van der Waals surface area contributed by atoms with E-state index < -0.39 is 0 Å². The minimum Gasteiger partial charge on any atom is -0.308 e. The molecule has 0 spiro atoms. The van der Waals surface area contributed by atoms with Gasteiger partial charge in [0.05, 0.1) is 0 Å². The third kappa shape index (κ3) is 14.1. The molecule has 0 aliphatic heterocycles. The van der Waals surface area contributed by atoms with Crippen molar-refractivity contribution in [1.29, 1.82) is 0 Å². The summed E-state index contributed by atoms with van der Waals surface area (Å²) < 4.78 is 0. The Kier molecular flexibility index (Phi) is 10.3. The third-order valence-electron chi connectivity index (χ3n) is 3.56. The van der Waals surface area contributed by atoms with E-state index in [1.165, 1.54) is 51.4 Å². The SMILES string of the molecule is CCCCCCCC/C=C/CNC(C)(C)CC(C)(C)C. The predicted octanol–water partition coefficient (Wildman–Crippen LogP) is 6.10. The van der Waals surface area contributed by atoms with Gasteiger partial charge in [0, 0.05) is 12.1 Å². The summed E-state index contributed by atoms with van der Waals surface area (Å²) >= 11 is 0. The van der Waals surface area contributed by atoms with Crippen molar-refractivity contribution in [3.63, 3.8) is 0 Å². The maximum absolute atomic E-state index is 3.65. The van der Waals surface area contributed by atoms with Gasteiger partial charge < -0.3 is 5.32 Å². The molecule has 0 atom stereocenters. The molecule has 1 N–H and O–H groups in total. The van der Waals surface area contributed by atoms with E-state index in [9.17, 15) is 0 Å². The highest BCUT2D eigenvalue weighted by Gasteiger charge is 2.24. The zero-order valence-corrected chi connectivity index (χ0v) is 15.0. The van der Waals surface area contributed by atoms with E-state index in [1.807, 2.05) is 0 Å². The summed E-state index contributed by atoms with van der Waals surface area (Å²) in [6, 6.07) is 0. The van der Waals surface area contributed by atoms with Crippen LogP contribution in [-0.2, 0) is 0 Å². The Labute approximate surface area is 128 Å². The minimum absolute atomic E-state index is 0.225. The molecule has 0 aromatic rings. The van der Waals surface area contributed by atoms with Crippen LogP contribution in [0.25, 0.3) is 0 Å². The highest BCUT2D eigenvalue weighted by Crippen LogP contribution is 2.26. The van der Waals surface area contributed by atoms with Crippen LogP contribution in [0.1, 0.15) is 92.9 Å². The van der Waals surface area contributed by atoms with Crippen LogP contribution < -0.4 is 5.32 Å². The van der Waals surface area contributed by atoms with Gasteiger partial charge in [0.1, 0.15) is 0 Å². The summed E-state index contributed by atoms with van der Waals surface area (Å²) in [5.41, 5.74) is 0.613. The van der Waals surface area contributed by atoms with Crippen LogP contribution in [0, 0.1) is 5.41 Å². The Balaban J connectivity index is 3.56. The van der Waals surface area contributed by atoms with Gasteiger partial charge in [0.25, 0.3) is 0 Å². The highest BCUT2D eigenvalue weighted by atomic mass is 14.9. The van der Waals surface area contributed by atoms with Crippen LogP contribution in [0.4, 0.5) is 0 Å². The number of hydrogen-bond donors (Lipinski definition) is 1. The highest BCUT2D eigenvalue weighted by molar-refractivity contribution is 4.89. The van der Waals surface area contributed by atoms with E-state index in [0.29, 0.717) is 5.41 Å². The van der Waals surface area contributed by atoms with Crippen LogP contribution in [0.5, 0.6) is 0 Å². The molecule has 0 rings (SSSR count). The molecule has 0 saturated carbocycles. The monoisotopic (exact) mass is 281 g/mol. The zero-order valence-electron chi connectivity index (χ0n) is 15.0. The van der Waals surface area contributed by atoms with E-state index in [0.717, 1.165) is 6.54 Å². The van der Waals surface area contributed by atoms with E-state index in [-0.39, 0.29) is 5.54 Å². The van der Waals surface area contributed by atoms with E-state index in [2.05, 4.69) is 59.0 Å². The fourth-order valence-corrected chi connectivity index (χ4v) is 2.97. The Hall–Kier alpha value is -0.300. The van der Waals surface area contributed by atoms with Gasteiger partial charge in [-0.2, -0.15) is 0 Å². The smallest absolute Gasteiger partial charge is 0.0139 e. The lowest BCUT2D eigenvalue weighted by Crippen LogP contribution is -2.42. The molecular weight excluding hydrogens is 242 g/mol. The fourth-order valence-electron chi connectivity index (χ4n) is 2.97. The van der Waals surface area contributed by atoms with E-state index in [4.69, 9.17) is 0 Å². The number of hydrogen-bond acceptors (Lipinski definition) is 1. The minimum atomic E-state index is 0.225. The molecule has 0 unspecified atom stereocenters. The largest absolute Gasteiger partial charge is 0.308 e. The van der Waals surface area contributed by atoms with Crippen molar-refractivity contribution in [2.75, 3.05) is 6.54 Å². The average Bonchev–Trinajstić information content (AvgIpc) is 2.28. The van der Waals surface area contributed by atoms with Crippen molar-refractivity contribution in [2.24, 2.45) is 5.41 Å². The topological polar surface area (TPSA) is 12.0 Å². The number of rotatable bonds is 11. The van der Waals surface area contributed by atoms with Gasteiger partial charge in [-0.3, -0.25) is 0 Å². The second kappa shape index (κ2) is 10.4. The second-order valence-electron chi connectivity index (χ2n) is 8.03. The molecule has 0 bridgehead atoms. The molecular formula is C19H39N. The van der Waals surface area contributed by atoms with Gasteiger partial charge in [0.15, 0.2) is 0 Å². The normalized spacial score (nSPS) is 13.3. The molecule has 0 amide bonds. The molecule has 0 aliphatic carbocycles. The lowest BCUT2D eigenvalue weighted by atomic mass is 9.82. The van der Waals surface area contributed by atoms with Crippen molar-refractivity contribution >= 4 is 0 Å². The van der Waals surface area contributed by atoms with Crippen molar-refractivity contribution < 1.29 is 0 Å². The summed E-state index contributed by atoms with van der Waals surface area (Å²) in [5, 5.41) is 3.65. The molecule has 1 nitrogen and oxygen atoms in total. The van der Waals surface area contributed by atoms with E-state index in [1.54, 1.807) is 0 Å². The van der Waals surface area contributed by atoms with Crippen molar-refractivity contribution in [3.8, 4) is 0 Å². The lowest BCUT2D eigenvalue weighted by molar-refractivity contribution is 0.248. The van der Waals surface area contributed by atoms with Gasteiger partial charge >= 0.3 is 0 Å². The first kappa shape index (κ1) is 19.7. The molecule has 0 aliphatic rings. The van der Waals surface area contributed by atoms with Crippen LogP contribution in [0.2, 0.25) is 0 Å². The van der Waals surface area contributed by atoms with Crippen LogP contribution in [0.15, 0.2) is 12.2 Å². The van der Waals surface area contributed by atoms with Gasteiger partial charge in [-0.15, -0.1) is 0 Å². The summed E-state index contributed by atoms with van der Waals surface area (Å²) in [7, 11) is 0. The fraction of sp³-hybridized carbons (Fsp3) is 0.895. The van der Waals surface area contributed by atoms with Crippen LogP contribution >= 0.6 is 0 Å². The number of unbranched alkanes of at least 4 members (excludes halogenated alkanes) is 6. The Morgan fingerprint density at radius 2 is 1.40 bits per heavy atom. The van der Waals surface area contributed by atoms with Crippen molar-refractivity contribution in [3.05, 3.63) is 12.2 Å². The third-order valence-corrected chi connectivity index (χ3v) is 3.56. The van der Waals surface area contributed by atoms with Gasteiger partial charge in [0.2, 0.25) is 0 Å². The second-order valence-corrected chi connectivity index (χ2v) is 8.03. The van der Waals surface area contributed by atoms with E-state index >= 15 is 0 Å². The first-order chi connectivity index (χ1) is 9.27. The Morgan fingerprint density at radius 1 is 0.800 bits per heavy atom. The molecule has 0 heterocycles. The van der Waals surface area contributed by atoms with Crippen LogP contribution in [-0.4, -0.2) is 12.1 Å². The summed E-state index contributed by atoms with van der Waals surface area (Å²) in [6.07, 6.45) is 15.4. The molecule has 0 fully saturated rings. The molecule has 20 heavy (non-hydrogen) atoms. The standard InChI is InChI=1S/C19H39N/c1-7-8-9-10-11-12-13-14-15-16-20-19(5,6)17-18(2,3)4/h14-15,20H,7-13,16-17H2,1-6H3/b15-14+. The van der Waals surface area contributed by atoms with Crippen molar-refractivity contribution in [1.82, 2.24) is 5.32 Å². The molecule has 0 saturated heterocycles. The first-order valence-electron chi connectivity index (χ1n) is 8.67.